The molecular weight excluding hydrogens is 482 g/mol. The molecule has 4 nitrogen and oxygen atoms in total. The quantitative estimate of drug-likeness (QED) is 0.213. The fraction of sp³-hybridized carbons (Fsp3) is 0.0769. The van der Waals surface area contributed by atoms with Gasteiger partial charge in [-0.1, -0.05) is 100 Å². The van der Waals surface area contributed by atoms with E-state index in [1.54, 1.807) is 16.3 Å². The highest BCUT2D eigenvalue weighted by Gasteiger charge is 2.17. The van der Waals surface area contributed by atoms with Crippen LogP contribution in [0.2, 0.25) is 0 Å². The summed E-state index contributed by atoms with van der Waals surface area (Å²) < 4.78 is 2.81. The molecule has 0 saturated heterocycles. The van der Waals surface area contributed by atoms with Crippen molar-refractivity contribution in [3.8, 4) is 11.1 Å². The minimum Gasteiger partial charge on any atom is -0.355 e. The third-order valence-corrected chi connectivity index (χ3v) is 6.82. The maximum Gasteiger partial charge on any atom is 0.278 e. The first kappa shape index (κ1) is 20.8. The lowest BCUT2D eigenvalue weighted by atomic mass is 10.1. The lowest BCUT2D eigenvalue weighted by molar-refractivity contribution is 0.657. The van der Waals surface area contributed by atoms with Gasteiger partial charge in [-0.3, -0.25) is 9.36 Å². The van der Waals surface area contributed by atoms with E-state index in [2.05, 4.69) is 33.0 Å². The summed E-state index contributed by atoms with van der Waals surface area (Å²) in [6, 6.07) is 28.3. The first-order valence-electron chi connectivity index (χ1n) is 10.3. The van der Waals surface area contributed by atoms with Crippen molar-refractivity contribution in [1.82, 2.24) is 14.5 Å². The van der Waals surface area contributed by atoms with Gasteiger partial charge >= 0.3 is 0 Å². The van der Waals surface area contributed by atoms with Gasteiger partial charge in [0.15, 0.2) is 5.16 Å². The van der Waals surface area contributed by atoms with E-state index in [1.807, 2.05) is 79.0 Å². The van der Waals surface area contributed by atoms with Gasteiger partial charge in [0, 0.05) is 22.0 Å². The Bertz CT molecular complexity index is 1430. The number of aromatic nitrogens is 3. The van der Waals surface area contributed by atoms with Crippen LogP contribution < -0.4 is 5.56 Å². The number of hydrogen-bond donors (Lipinski definition) is 1. The standard InChI is InChI=1S/C26H20BrN3OS/c27-21-13-7-10-19(14-21)17-32-26-29-23-22(20-11-5-2-6-12-20)15-28-24(23)25(31)30(26)16-18-8-3-1-4-9-18/h1-15,28H,16-17H2. The number of H-pyrrole nitrogens is 1. The molecule has 3 aromatic carbocycles. The normalized spacial score (nSPS) is 11.2. The minimum atomic E-state index is -0.0576. The van der Waals surface area contributed by atoms with Gasteiger partial charge in [-0.15, -0.1) is 0 Å². The molecule has 32 heavy (non-hydrogen) atoms. The maximum absolute atomic E-state index is 13.5. The summed E-state index contributed by atoms with van der Waals surface area (Å²) in [5.41, 5.74) is 5.40. The molecule has 0 atom stereocenters. The smallest absolute Gasteiger partial charge is 0.278 e. The second kappa shape index (κ2) is 9.18. The number of halogens is 1. The number of benzene rings is 3. The van der Waals surface area contributed by atoms with Crippen LogP contribution in [0.4, 0.5) is 0 Å². The van der Waals surface area contributed by atoms with Crippen molar-refractivity contribution in [2.45, 2.75) is 17.5 Å². The van der Waals surface area contributed by atoms with Crippen molar-refractivity contribution in [3.05, 3.63) is 117 Å². The Kier molecular flexibility index (Phi) is 5.97. The highest BCUT2D eigenvalue weighted by Crippen LogP contribution is 2.29. The molecule has 1 N–H and O–H groups in total. The molecule has 2 heterocycles. The number of nitrogens with zero attached hydrogens (tertiary/aromatic N) is 2. The lowest BCUT2D eigenvalue weighted by Crippen LogP contribution is -2.24. The Balaban J connectivity index is 1.61. The number of hydrogen-bond acceptors (Lipinski definition) is 3. The molecule has 158 valence electrons. The van der Waals surface area contributed by atoms with Crippen molar-refractivity contribution in [2.75, 3.05) is 0 Å². The Morgan fingerprint density at radius 2 is 1.62 bits per heavy atom. The largest absolute Gasteiger partial charge is 0.355 e. The summed E-state index contributed by atoms with van der Waals surface area (Å²) in [6.07, 6.45) is 1.88. The van der Waals surface area contributed by atoms with Crippen LogP contribution in [0.15, 0.2) is 106 Å². The summed E-state index contributed by atoms with van der Waals surface area (Å²) >= 11 is 5.12. The predicted octanol–water partition coefficient (Wildman–Crippen LogP) is 6.49. The molecule has 0 saturated carbocycles. The monoisotopic (exact) mass is 501 g/mol. The van der Waals surface area contributed by atoms with Crippen molar-refractivity contribution in [1.29, 1.82) is 0 Å². The Labute approximate surface area is 198 Å². The molecule has 0 bridgehead atoms. The fourth-order valence-electron chi connectivity index (χ4n) is 3.70. The van der Waals surface area contributed by atoms with E-state index in [-0.39, 0.29) is 5.56 Å². The van der Waals surface area contributed by atoms with Crippen LogP contribution in [0.5, 0.6) is 0 Å². The zero-order chi connectivity index (χ0) is 21.9. The topological polar surface area (TPSA) is 50.7 Å². The van der Waals surface area contributed by atoms with Gasteiger partial charge in [0.2, 0.25) is 0 Å². The summed E-state index contributed by atoms with van der Waals surface area (Å²) in [4.78, 5) is 21.7. The Hall–Kier alpha value is -3.09. The highest BCUT2D eigenvalue weighted by molar-refractivity contribution is 9.10. The summed E-state index contributed by atoms with van der Waals surface area (Å²) in [5.74, 6) is 0.720. The Morgan fingerprint density at radius 1 is 0.906 bits per heavy atom. The van der Waals surface area contributed by atoms with Crippen molar-refractivity contribution >= 4 is 38.7 Å². The third-order valence-electron chi connectivity index (χ3n) is 5.28. The van der Waals surface area contributed by atoms with Gasteiger partial charge in [0.05, 0.1) is 6.54 Å². The number of rotatable bonds is 6. The summed E-state index contributed by atoms with van der Waals surface area (Å²) in [5, 5.41) is 0.711. The van der Waals surface area contributed by atoms with E-state index in [9.17, 15) is 4.79 Å². The van der Waals surface area contributed by atoms with Crippen LogP contribution in [0, 0.1) is 0 Å². The zero-order valence-electron chi connectivity index (χ0n) is 17.2. The van der Waals surface area contributed by atoms with E-state index in [0.717, 1.165) is 26.9 Å². The maximum atomic E-state index is 13.5. The van der Waals surface area contributed by atoms with Crippen LogP contribution in [0.3, 0.4) is 0 Å². The fourth-order valence-corrected chi connectivity index (χ4v) is 5.08. The van der Waals surface area contributed by atoms with E-state index < -0.39 is 0 Å². The van der Waals surface area contributed by atoms with Crippen molar-refractivity contribution in [3.63, 3.8) is 0 Å². The van der Waals surface area contributed by atoms with Crippen LogP contribution in [0.1, 0.15) is 11.1 Å². The van der Waals surface area contributed by atoms with Crippen LogP contribution in [-0.4, -0.2) is 14.5 Å². The summed E-state index contributed by atoms with van der Waals surface area (Å²) in [7, 11) is 0. The number of thioether (sulfide) groups is 1. The van der Waals surface area contributed by atoms with Crippen molar-refractivity contribution in [2.24, 2.45) is 0 Å². The summed E-state index contributed by atoms with van der Waals surface area (Å²) in [6.45, 7) is 0.475. The second-order valence-electron chi connectivity index (χ2n) is 7.48. The molecule has 5 aromatic rings. The number of aromatic amines is 1. The molecule has 0 aliphatic heterocycles. The zero-order valence-corrected chi connectivity index (χ0v) is 19.6. The molecule has 5 rings (SSSR count). The van der Waals surface area contributed by atoms with Crippen LogP contribution in [0.25, 0.3) is 22.2 Å². The third kappa shape index (κ3) is 4.29. The van der Waals surface area contributed by atoms with E-state index in [4.69, 9.17) is 4.98 Å². The number of fused-ring (bicyclic) bond motifs is 1. The number of nitrogens with one attached hydrogen (secondary N) is 1. The van der Waals surface area contributed by atoms with Gasteiger partial charge in [-0.25, -0.2) is 4.98 Å². The first-order chi connectivity index (χ1) is 15.7. The minimum absolute atomic E-state index is 0.0576. The SMILES string of the molecule is O=c1c2[nH]cc(-c3ccccc3)c2nc(SCc2cccc(Br)c2)n1Cc1ccccc1. The Morgan fingerprint density at radius 3 is 2.38 bits per heavy atom. The molecule has 0 amide bonds. The van der Waals surface area contributed by atoms with E-state index in [1.165, 1.54) is 5.56 Å². The molecule has 6 heteroatoms. The molecule has 2 aromatic heterocycles. The van der Waals surface area contributed by atoms with E-state index >= 15 is 0 Å². The van der Waals surface area contributed by atoms with Crippen LogP contribution in [-0.2, 0) is 12.3 Å². The molecule has 0 radical (unpaired) electrons. The molecule has 0 spiro atoms. The average molecular weight is 502 g/mol. The predicted molar refractivity (Wildman–Crippen MR) is 135 cm³/mol. The lowest BCUT2D eigenvalue weighted by Gasteiger charge is -2.13. The van der Waals surface area contributed by atoms with Gasteiger partial charge in [0.1, 0.15) is 11.0 Å². The molecule has 0 aliphatic carbocycles. The molecule has 0 unspecified atom stereocenters. The second-order valence-corrected chi connectivity index (χ2v) is 9.34. The van der Waals surface area contributed by atoms with Crippen molar-refractivity contribution < 1.29 is 0 Å². The molecule has 0 fully saturated rings. The first-order valence-corrected chi connectivity index (χ1v) is 12.1. The van der Waals surface area contributed by atoms with Crippen LogP contribution >= 0.6 is 27.7 Å². The highest BCUT2D eigenvalue weighted by atomic mass is 79.9. The van der Waals surface area contributed by atoms with Gasteiger partial charge in [-0.2, -0.15) is 0 Å². The molecule has 0 aliphatic rings. The molecular formula is C26H20BrN3OS. The van der Waals surface area contributed by atoms with Gasteiger partial charge in [0.25, 0.3) is 5.56 Å². The van der Waals surface area contributed by atoms with Gasteiger partial charge < -0.3 is 4.98 Å². The van der Waals surface area contributed by atoms with E-state index in [0.29, 0.717) is 22.7 Å². The van der Waals surface area contributed by atoms with Gasteiger partial charge in [-0.05, 0) is 28.8 Å². The average Bonchev–Trinajstić information content (AvgIpc) is 3.25.